The summed E-state index contributed by atoms with van der Waals surface area (Å²) in [6.45, 7) is 3.95. The van der Waals surface area contributed by atoms with Gasteiger partial charge in [-0.3, -0.25) is 0 Å². The Morgan fingerprint density at radius 1 is 1.22 bits per heavy atom. The lowest BCUT2D eigenvalue weighted by atomic mass is 10.2. The van der Waals surface area contributed by atoms with Crippen molar-refractivity contribution in [2.24, 2.45) is 0 Å². The van der Waals surface area contributed by atoms with E-state index in [4.69, 9.17) is 23.8 Å². The van der Waals surface area contributed by atoms with Gasteiger partial charge < -0.3 is 20.4 Å². The highest BCUT2D eigenvalue weighted by Crippen LogP contribution is 2.30. The molecule has 23 heavy (non-hydrogen) atoms. The van der Waals surface area contributed by atoms with Gasteiger partial charge in [0.15, 0.2) is 5.11 Å². The lowest BCUT2D eigenvalue weighted by Gasteiger charge is -2.26. The summed E-state index contributed by atoms with van der Waals surface area (Å²) in [4.78, 5) is 4.56. The SMILES string of the molecule is CN(C)CCNC(=S)Nc1cc(Cl)ccc1N1CCCCCC1. The molecular weight excluding hydrogens is 328 g/mol. The maximum absolute atomic E-state index is 6.19. The van der Waals surface area contributed by atoms with Crippen LogP contribution in [0, 0.1) is 0 Å². The Hall–Kier alpha value is -1.04. The third-order valence-electron chi connectivity index (χ3n) is 4.00. The molecule has 0 radical (unpaired) electrons. The molecular formula is C17H27ClN4S. The zero-order valence-corrected chi connectivity index (χ0v) is 15.6. The molecule has 0 atom stereocenters. The van der Waals surface area contributed by atoms with Crippen LogP contribution in [0.5, 0.6) is 0 Å². The Morgan fingerprint density at radius 3 is 2.57 bits per heavy atom. The van der Waals surface area contributed by atoms with Crippen LogP contribution in [0.2, 0.25) is 5.02 Å². The fourth-order valence-electron chi connectivity index (χ4n) is 2.76. The molecule has 1 heterocycles. The van der Waals surface area contributed by atoms with Gasteiger partial charge in [0, 0.05) is 31.2 Å². The minimum atomic E-state index is 0.644. The van der Waals surface area contributed by atoms with Crippen molar-refractivity contribution in [3.63, 3.8) is 0 Å². The van der Waals surface area contributed by atoms with Crippen molar-refractivity contribution < 1.29 is 0 Å². The van der Waals surface area contributed by atoms with E-state index < -0.39 is 0 Å². The van der Waals surface area contributed by atoms with E-state index in [1.165, 1.54) is 31.4 Å². The third-order valence-corrected chi connectivity index (χ3v) is 4.48. The van der Waals surface area contributed by atoms with Gasteiger partial charge in [0.05, 0.1) is 11.4 Å². The van der Waals surface area contributed by atoms with Gasteiger partial charge in [0.25, 0.3) is 0 Å². The highest BCUT2D eigenvalue weighted by Gasteiger charge is 2.14. The minimum Gasteiger partial charge on any atom is -0.370 e. The summed E-state index contributed by atoms with van der Waals surface area (Å²) in [5.41, 5.74) is 2.18. The lowest BCUT2D eigenvalue weighted by molar-refractivity contribution is 0.413. The molecule has 1 aliphatic heterocycles. The summed E-state index contributed by atoms with van der Waals surface area (Å²) in [6.07, 6.45) is 5.12. The van der Waals surface area contributed by atoms with E-state index in [1.807, 2.05) is 26.2 Å². The molecule has 4 nitrogen and oxygen atoms in total. The zero-order chi connectivity index (χ0) is 16.7. The van der Waals surface area contributed by atoms with Crippen LogP contribution < -0.4 is 15.5 Å². The molecule has 2 rings (SSSR count). The number of nitrogens with one attached hydrogen (secondary N) is 2. The Balaban J connectivity index is 2.04. The first-order chi connectivity index (χ1) is 11.1. The molecule has 1 saturated heterocycles. The van der Waals surface area contributed by atoms with E-state index >= 15 is 0 Å². The number of thiocarbonyl (C=S) groups is 1. The summed E-state index contributed by atoms with van der Waals surface area (Å²) in [5, 5.41) is 7.93. The van der Waals surface area contributed by atoms with E-state index in [0.717, 1.165) is 36.9 Å². The fourth-order valence-corrected chi connectivity index (χ4v) is 3.14. The Morgan fingerprint density at radius 2 is 1.91 bits per heavy atom. The highest BCUT2D eigenvalue weighted by molar-refractivity contribution is 7.80. The Labute approximate surface area is 150 Å². The van der Waals surface area contributed by atoms with Gasteiger partial charge in [-0.05, 0) is 57.4 Å². The predicted octanol–water partition coefficient (Wildman–Crippen LogP) is 3.57. The molecule has 0 saturated carbocycles. The van der Waals surface area contributed by atoms with Gasteiger partial charge in [0.2, 0.25) is 0 Å². The molecule has 0 aromatic heterocycles. The average Bonchev–Trinajstić information content (AvgIpc) is 2.76. The monoisotopic (exact) mass is 354 g/mol. The Bertz CT molecular complexity index is 513. The van der Waals surface area contributed by atoms with Crippen LogP contribution >= 0.6 is 23.8 Å². The molecule has 0 unspecified atom stereocenters. The van der Waals surface area contributed by atoms with Crippen molar-refractivity contribution in [1.82, 2.24) is 10.2 Å². The number of halogens is 1. The van der Waals surface area contributed by atoms with Crippen molar-refractivity contribution in [2.75, 3.05) is 50.5 Å². The normalized spacial score (nSPS) is 15.4. The molecule has 0 spiro atoms. The van der Waals surface area contributed by atoms with Crippen LogP contribution in [-0.4, -0.2) is 50.3 Å². The van der Waals surface area contributed by atoms with Gasteiger partial charge >= 0.3 is 0 Å². The number of hydrogen-bond acceptors (Lipinski definition) is 3. The number of benzene rings is 1. The van der Waals surface area contributed by atoms with Gasteiger partial charge in [-0.2, -0.15) is 0 Å². The van der Waals surface area contributed by atoms with Crippen molar-refractivity contribution in [1.29, 1.82) is 0 Å². The maximum atomic E-state index is 6.19. The molecule has 1 fully saturated rings. The average molecular weight is 355 g/mol. The van der Waals surface area contributed by atoms with Crippen LogP contribution in [0.25, 0.3) is 0 Å². The number of rotatable bonds is 5. The van der Waals surface area contributed by atoms with Crippen LogP contribution in [0.3, 0.4) is 0 Å². The quantitative estimate of drug-likeness (QED) is 0.789. The highest BCUT2D eigenvalue weighted by atomic mass is 35.5. The third kappa shape index (κ3) is 6.16. The first kappa shape index (κ1) is 18.3. The second-order valence-electron chi connectivity index (χ2n) is 6.25. The van der Waals surface area contributed by atoms with E-state index in [2.05, 4.69) is 26.5 Å². The van der Waals surface area contributed by atoms with E-state index in [-0.39, 0.29) is 0 Å². The smallest absolute Gasteiger partial charge is 0.170 e. The summed E-state index contributed by atoms with van der Waals surface area (Å²) in [7, 11) is 4.10. The number of anilines is 2. The number of hydrogen-bond donors (Lipinski definition) is 2. The maximum Gasteiger partial charge on any atom is 0.170 e. The topological polar surface area (TPSA) is 30.5 Å². The molecule has 0 aliphatic carbocycles. The van der Waals surface area contributed by atoms with Crippen molar-refractivity contribution >= 4 is 40.3 Å². The van der Waals surface area contributed by atoms with Crippen molar-refractivity contribution in [3.8, 4) is 0 Å². The summed E-state index contributed by atoms with van der Waals surface area (Å²) in [5.74, 6) is 0. The molecule has 1 aromatic rings. The standard InChI is InChI=1S/C17H27ClN4S/c1-21(2)12-9-19-17(23)20-15-13-14(18)7-8-16(15)22-10-5-3-4-6-11-22/h7-8,13H,3-6,9-12H2,1-2H3,(H2,19,20,23). The molecule has 1 aromatic carbocycles. The molecule has 1 aliphatic rings. The lowest BCUT2D eigenvalue weighted by Crippen LogP contribution is -2.35. The van der Waals surface area contributed by atoms with E-state index in [9.17, 15) is 0 Å². The van der Waals surface area contributed by atoms with Crippen molar-refractivity contribution in [2.45, 2.75) is 25.7 Å². The summed E-state index contributed by atoms with van der Waals surface area (Å²) < 4.78 is 0. The van der Waals surface area contributed by atoms with Crippen LogP contribution in [0.15, 0.2) is 18.2 Å². The molecule has 6 heteroatoms. The van der Waals surface area contributed by atoms with Gasteiger partial charge in [0.1, 0.15) is 0 Å². The minimum absolute atomic E-state index is 0.644. The second kappa shape index (κ2) is 9.30. The van der Waals surface area contributed by atoms with E-state index in [0.29, 0.717) is 5.11 Å². The molecule has 2 N–H and O–H groups in total. The summed E-state index contributed by atoms with van der Waals surface area (Å²) >= 11 is 11.6. The van der Waals surface area contributed by atoms with Gasteiger partial charge in [-0.25, -0.2) is 0 Å². The van der Waals surface area contributed by atoms with Gasteiger partial charge in [-0.15, -0.1) is 0 Å². The number of likely N-dealkylation sites (N-methyl/N-ethyl adjacent to an activating group) is 1. The van der Waals surface area contributed by atoms with E-state index in [1.54, 1.807) is 0 Å². The van der Waals surface area contributed by atoms with Crippen LogP contribution in [-0.2, 0) is 0 Å². The van der Waals surface area contributed by atoms with Gasteiger partial charge in [-0.1, -0.05) is 24.4 Å². The molecule has 0 bridgehead atoms. The fraction of sp³-hybridized carbons (Fsp3) is 0.588. The van der Waals surface area contributed by atoms with Crippen molar-refractivity contribution in [3.05, 3.63) is 23.2 Å². The first-order valence-electron chi connectivity index (χ1n) is 8.30. The predicted molar refractivity (Wildman–Crippen MR) is 105 cm³/mol. The second-order valence-corrected chi connectivity index (χ2v) is 7.09. The summed E-state index contributed by atoms with van der Waals surface area (Å²) in [6, 6.07) is 6.01. The largest absolute Gasteiger partial charge is 0.370 e. The molecule has 0 amide bonds. The first-order valence-corrected chi connectivity index (χ1v) is 9.09. The van der Waals surface area contributed by atoms with Crippen LogP contribution in [0.1, 0.15) is 25.7 Å². The Kier molecular flexibility index (Phi) is 7.40. The molecule has 128 valence electrons. The number of nitrogens with zero attached hydrogens (tertiary/aromatic N) is 2. The zero-order valence-electron chi connectivity index (χ0n) is 14.1. The van der Waals surface area contributed by atoms with Crippen LogP contribution in [0.4, 0.5) is 11.4 Å².